The average Bonchev–Trinajstić information content (AvgIpc) is 2.40. The molecule has 0 aliphatic rings. The molecule has 1 aromatic heterocycles. The molecule has 0 bridgehead atoms. The highest BCUT2D eigenvalue weighted by Crippen LogP contribution is 2.19. The second-order valence-corrected chi connectivity index (χ2v) is 3.90. The summed E-state index contributed by atoms with van der Waals surface area (Å²) in [5, 5.41) is 16.7. The number of nitrogens with zero attached hydrogens (tertiary/aromatic N) is 3. The summed E-state index contributed by atoms with van der Waals surface area (Å²) in [5.74, 6) is 0. The van der Waals surface area contributed by atoms with Crippen LogP contribution in [0.5, 0.6) is 0 Å². The summed E-state index contributed by atoms with van der Waals surface area (Å²) in [5.41, 5.74) is -0.865. The Morgan fingerprint density at radius 3 is 2.74 bits per heavy atom. The molecule has 1 heterocycles. The normalized spacial score (nSPS) is 10.4. The fourth-order valence-corrected chi connectivity index (χ4v) is 1.66. The van der Waals surface area contributed by atoms with Gasteiger partial charge in [-0.2, -0.15) is 5.10 Å². The van der Waals surface area contributed by atoms with Crippen LogP contribution >= 0.6 is 0 Å². The summed E-state index contributed by atoms with van der Waals surface area (Å²) in [6.07, 6.45) is -0.0133. The molecule has 2 aromatic rings. The van der Waals surface area contributed by atoms with Gasteiger partial charge in [0.05, 0.1) is 4.92 Å². The monoisotopic (exact) mass is 262 g/mol. The number of rotatable bonds is 3. The van der Waals surface area contributed by atoms with E-state index in [1.807, 2.05) is 0 Å². The van der Waals surface area contributed by atoms with Crippen molar-refractivity contribution in [2.75, 3.05) is 0 Å². The summed E-state index contributed by atoms with van der Waals surface area (Å²) < 4.78 is 0.872. The van der Waals surface area contributed by atoms with Gasteiger partial charge >= 0.3 is 5.69 Å². The van der Waals surface area contributed by atoms with Gasteiger partial charge in [-0.15, -0.1) is 0 Å². The van der Waals surface area contributed by atoms with Crippen molar-refractivity contribution in [3.05, 3.63) is 66.5 Å². The first-order chi connectivity index (χ1) is 9.00. The van der Waals surface area contributed by atoms with Crippen molar-refractivity contribution in [2.24, 2.45) is 7.05 Å². The summed E-state index contributed by atoms with van der Waals surface area (Å²) in [6, 6.07) is 6.08. The predicted octanol–water partition coefficient (Wildman–Crippen LogP) is -0.0324. The number of para-hydroxylation sites is 1. The molecular formula is C11H10N4O4. The van der Waals surface area contributed by atoms with Crippen molar-refractivity contribution in [3.63, 3.8) is 0 Å². The molecule has 0 amide bonds. The van der Waals surface area contributed by atoms with Crippen LogP contribution in [-0.4, -0.2) is 19.7 Å². The lowest BCUT2D eigenvalue weighted by Gasteiger charge is -2.02. The lowest BCUT2D eigenvalue weighted by molar-refractivity contribution is -0.385. The molecule has 0 unspecified atom stereocenters. The first kappa shape index (κ1) is 12.7. The molecule has 0 radical (unpaired) electrons. The quantitative estimate of drug-likeness (QED) is 0.616. The molecule has 19 heavy (non-hydrogen) atoms. The van der Waals surface area contributed by atoms with Crippen LogP contribution in [0.25, 0.3) is 0 Å². The van der Waals surface area contributed by atoms with Crippen molar-refractivity contribution in [1.29, 1.82) is 0 Å². The molecule has 1 aromatic carbocycles. The van der Waals surface area contributed by atoms with E-state index in [-0.39, 0.29) is 17.8 Å². The van der Waals surface area contributed by atoms with Crippen LogP contribution in [-0.2, 0) is 13.5 Å². The minimum Gasteiger partial charge on any atom is -0.267 e. The van der Waals surface area contributed by atoms with Crippen molar-refractivity contribution >= 4 is 5.69 Å². The van der Waals surface area contributed by atoms with Gasteiger partial charge in [-0.1, -0.05) is 18.2 Å². The lowest BCUT2D eigenvalue weighted by Crippen LogP contribution is -2.36. The Morgan fingerprint density at radius 1 is 1.37 bits per heavy atom. The third kappa shape index (κ3) is 2.41. The molecule has 0 aliphatic carbocycles. The molecule has 2 rings (SSSR count). The van der Waals surface area contributed by atoms with E-state index in [0.29, 0.717) is 5.56 Å². The van der Waals surface area contributed by atoms with Gasteiger partial charge in [-0.25, -0.2) is 9.89 Å². The van der Waals surface area contributed by atoms with E-state index in [1.165, 1.54) is 13.1 Å². The van der Waals surface area contributed by atoms with Crippen molar-refractivity contribution in [3.8, 4) is 0 Å². The third-order valence-corrected chi connectivity index (χ3v) is 2.69. The molecule has 0 aliphatic heterocycles. The average molecular weight is 262 g/mol. The molecule has 98 valence electrons. The Kier molecular flexibility index (Phi) is 3.23. The van der Waals surface area contributed by atoms with E-state index in [9.17, 15) is 19.7 Å². The molecule has 1 N–H and O–H groups in total. The summed E-state index contributed by atoms with van der Waals surface area (Å²) >= 11 is 0. The number of benzene rings is 1. The molecule has 0 spiro atoms. The number of nitro groups is 1. The van der Waals surface area contributed by atoms with Gasteiger partial charge in [-0.3, -0.25) is 19.5 Å². The van der Waals surface area contributed by atoms with Gasteiger partial charge in [0, 0.05) is 25.1 Å². The standard InChI is InChI=1S/C11H10N4O4/c1-14-10(16)8(12-13-11(14)17)6-7-4-2-3-5-9(7)15(18)19/h2-5H,6H2,1H3,(H,13,17). The first-order valence-electron chi connectivity index (χ1n) is 5.37. The Morgan fingerprint density at radius 2 is 2.05 bits per heavy atom. The van der Waals surface area contributed by atoms with Gasteiger partial charge in [0.1, 0.15) is 5.69 Å². The maximum atomic E-state index is 11.8. The summed E-state index contributed by atoms with van der Waals surface area (Å²) in [7, 11) is 1.31. The van der Waals surface area contributed by atoms with Crippen molar-refractivity contribution < 1.29 is 4.92 Å². The van der Waals surface area contributed by atoms with E-state index in [1.54, 1.807) is 18.2 Å². The number of H-pyrrole nitrogens is 1. The van der Waals surface area contributed by atoms with Crippen LogP contribution in [0.2, 0.25) is 0 Å². The maximum absolute atomic E-state index is 11.8. The van der Waals surface area contributed by atoms with Crippen LogP contribution < -0.4 is 11.2 Å². The largest absolute Gasteiger partial charge is 0.344 e. The Balaban J connectivity index is 2.48. The minimum atomic E-state index is -0.628. The highest BCUT2D eigenvalue weighted by Gasteiger charge is 2.15. The zero-order valence-corrected chi connectivity index (χ0v) is 9.99. The smallest absolute Gasteiger partial charge is 0.267 e. The Bertz CT molecular complexity index is 747. The van der Waals surface area contributed by atoms with E-state index in [2.05, 4.69) is 10.2 Å². The molecule has 8 heteroatoms. The number of aromatic nitrogens is 3. The van der Waals surface area contributed by atoms with E-state index in [4.69, 9.17) is 0 Å². The predicted molar refractivity (Wildman–Crippen MR) is 66.0 cm³/mol. The summed E-state index contributed by atoms with van der Waals surface area (Å²) in [4.78, 5) is 33.3. The molecule has 0 fully saturated rings. The molecule has 0 saturated carbocycles. The molecule has 8 nitrogen and oxygen atoms in total. The van der Waals surface area contributed by atoms with E-state index in [0.717, 1.165) is 4.57 Å². The zero-order valence-electron chi connectivity index (χ0n) is 9.99. The second kappa shape index (κ2) is 4.84. The lowest BCUT2D eigenvalue weighted by atomic mass is 10.1. The Hall–Kier alpha value is -2.77. The van der Waals surface area contributed by atoms with Gasteiger partial charge in [0.2, 0.25) is 0 Å². The number of hydrogen-bond donors (Lipinski definition) is 1. The van der Waals surface area contributed by atoms with Gasteiger partial charge in [-0.05, 0) is 0 Å². The summed E-state index contributed by atoms with van der Waals surface area (Å²) in [6.45, 7) is 0. The van der Waals surface area contributed by atoms with Crippen LogP contribution in [0, 0.1) is 10.1 Å². The fraction of sp³-hybridized carbons (Fsp3) is 0.182. The SMILES string of the molecule is Cn1c(=O)[nH]nc(Cc2ccccc2[N+](=O)[O-])c1=O. The minimum absolute atomic E-state index is 0.0133. The second-order valence-electron chi connectivity index (χ2n) is 3.90. The zero-order chi connectivity index (χ0) is 14.0. The number of hydrogen-bond acceptors (Lipinski definition) is 5. The number of aromatic amines is 1. The first-order valence-corrected chi connectivity index (χ1v) is 5.37. The van der Waals surface area contributed by atoms with Crippen LogP contribution in [0.15, 0.2) is 33.9 Å². The van der Waals surface area contributed by atoms with E-state index >= 15 is 0 Å². The molecule has 0 saturated heterocycles. The van der Waals surface area contributed by atoms with E-state index < -0.39 is 16.2 Å². The molecular weight excluding hydrogens is 252 g/mol. The third-order valence-electron chi connectivity index (χ3n) is 2.69. The van der Waals surface area contributed by atoms with Gasteiger partial charge in [0.25, 0.3) is 11.2 Å². The fourth-order valence-electron chi connectivity index (χ4n) is 1.66. The van der Waals surface area contributed by atoms with Crippen molar-refractivity contribution in [1.82, 2.24) is 14.8 Å². The number of nitro benzene ring substituents is 1. The van der Waals surface area contributed by atoms with Gasteiger partial charge < -0.3 is 0 Å². The Labute approximate surface area is 106 Å². The van der Waals surface area contributed by atoms with Gasteiger partial charge in [0.15, 0.2) is 0 Å². The van der Waals surface area contributed by atoms with Crippen LogP contribution in [0.1, 0.15) is 11.3 Å². The van der Waals surface area contributed by atoms with Crippen LogP contribution in [0.4, 0.5) is 5.69 Å². The highest BCUT2D eigenvalue weighted by molar-refractivity contribution is 5.41. The number of nitrogens with one attached hydrogen (secondary N) is 1. The highest BCUT2D eigenvalue weighted by atomic mass is 16.6. The molecule has 0 atom stereocenters. The van der Waals surface area contributed by atoms with Crippen LogP contribution in [0.3, 0.4) is 0 Å². The van der Waals surface area contributed by atoms with Crippen molar-refractivity contribution in [2.45, 2.75) is 6.42 Å². The maximum Gasteiger partial charge on any atom is 0.344 e. The topological polar surface area (TPSA) is 111 Å².